The maximum absolute atomic E-state index is 14.1. The second-order valence-corrected chi connectivity index (χ2v) is 9.65. The molecule has 1 heterocycles. The number of hydrogen-bond donors (Lipinski definition) is 0. The number of imidazole rings is 1. The first-order valence-electron chi connectivity index (χ1n) is 12.7. The van der Waals surface area contributed by atoms with Crippen LogP contribution in [0.15, 0.2) is 95.8 Å². The fourth-order valence-electron chi connectivity index (χ4n) is 4.80. The van der Waals surface area contributed by atoms with E-state index in [1.165, 1.54) is 0 Å². The van der Waals surface area contributed by atoms with Crippen LogP contribution in [-0.2, 0) is 9.09 Å². The van der Waals surface area contributed by atoms with Crippen molar-refractivity contribution in [2.75, 3.05) is 0 Å². The summed E-state index contributed by atoms with van der Waals surface area (Å²) < 4.78 is 19.6. The topological polar surface area (TPSA) is 53.2 Å². The van der Waals surface area contributed by atoms with Gasteiger partial charge in [-0.2, -0.15) is 0 Å². The maximum atomic E-state index is 14.1. The number of unbranched alkanes of at least 4 members (excludes halogenated alkanes) is 2. The van der Waals surface area contributed by atoms with Crippen molar-refractivity contribution < 1.29 is 9.09 Å². The average Bonchev–Trinajstić information content (AvgIpc) is 3.23. The van der Waals surface area contributed by atoms with E-state index in [-0.39, 0.29) is 17.8 Å². The van der Waals surface area contributed by atoms with Crippen LogP contribution in [0.1, 0.15) is 52.0 Å². The predicted molar refractivity (Wildman–Crippen MR) is 148 cm³/mol. The lowest BCUT2D eigenvalue weighted by Crippen LogP contribution is -2.26. The molecule has 0 amide bonds. The standard InChI is InChI=1S/C30H34N2O3P/c1-23(15-7-3-8-16-24(2)35-36-34)31-28(25-17-9-4-10-18-25)29(26-19-11-5-12-20-26)32(30(31)33)27-21-13-6-14-22-27/h4-6,9-14,17-24,36H,3,7-8,15-16H2,1-2H3/q+1. The molecule has 0 N–H and O–H groups in total. The van der Waals surface area contributed by atoms with Gasteiger partial charge in [-0.3, -0.25) is 9.13 Å². The predicted octanol–water partition coefficient (Wildman–Crippen LogP) is 7.83. The summed E-state index contributed by atoms with van der Waals surface area (Å²) in [5.41, 5.74) is 4.73. The van der Waals surface area contributed by atoms with Crippen LogP contribution in [0.4, 0.5) is 0 Å². The Labute approximate surface area is 214 Å². The molecule has 0 saturated carbocycles. The monoisotopic (exact) mass is 501 g/mol. The van der Waals surface area contributed by atoms with Gasteiger partial charge in [-0.25, -0.2) is 4.79 Å². The van der Waals surface area contributed by atoms with E-state index >= 15 is 0 Å². The zero-order valence-corrected chi connectivity index (χ0v) is 22.0. The van der Waals surface area contributed by atoms with E-state index in [0.717, 1.165) is 60.3 Å². The van der Waals surface area contributed by atoms with Gasteiger partial charge < -0.3 is 0 Å². The Morgan fingerprint density at radius 2 is 1.25 bits per heavy atom. The van der Waals surface area contributed by atoms with Crippen molar-refractivity contribution in [2.24, 2.45) is 0 Å². The molecule has 0 radical (unpaired) electrons. The maximum Gasteiger partial charge on any atom is 0.494 e. The van der Waals surface area contributed by atoms with Crippen molar-refractivity contribution in [3.63, 3.8) is 0 Å². The van der Waals surface area contributed by atoms with Crippen LogP contribution in [0.3, 0.4) is 0 Å². The highest BCUT2D eigenvalue weighted by Crippen LogP contribution is 2.36. The van der Waals surface area contributed by atoms with E-state index in [2.05, 4.69) is 31.2 Å². The molecular weight excluding hydrogens is 467 g/mol. The number of rotatable bonds is 12. The highest BCUT2D eigenvalue weighted by molar-refractivity contribution is 7.17. The fraction of sp³-hybridized carbons (Fsp3) is 0.300. The minimum absolute atomic E-state index is 0.0129. The summed E-state index contributed by atoms with van der Waals surface area (Å²) in [4.78, 5) is 14.1. The molecule has 36 heavy (non-hydrogen) atoms. The molecule has 0 aliphatic carbocycles. The van der Waals surface area contributed by atoms with Gasteiger partial charge in [0.05, 0.1) is 17.1 Å². The summed E-state index contributed by atoms with van der Waals surface area (Å²) in [6.07, 6.45) is 4.86. The van der Waals surface area contributed by atoms with Crippen molar-refractivity contribution in [3.8, 4) is 28.2 Å². The summed E-state index contributed by atoms with van der Waals surface area (Å²) in [6, 6.07) is 30.3. The second kappa shape index (κ2) is 12.6. The molecule has 0 saturated heterocycles. The number of para-hydroxylation sites is 1. The quantitative estimate of drug-likeness (QED) is 0.147. The Bertz CT molecular complexity index is 1300. The third kappa shape index (κ3) is 5.92. The lowest BCUT2D eigenvalue weighted by atomic mass is 10.0. The third-order valence-corrected chi connectivity index (χ3v) is 7.12. The molecule has 3 atom stereocenters. The Kier molecular flexibility index (Phi) is 9.05. The van der Waals surface area contributed by atoms with Gasteiger partial charge in [0, 0.05) is 17.2 Å². The van der Waals surface area contributed by atoms with Crippen LogP contribution in [0.5, 0.6) is 0 Å². The largest absolute Gasteiger partial charge is 0.494 e. The molecule has 3 unspecified atom stereocenters. The Morgan fingerprint density at radius 1 is 0.722 bits per heavy atom. The summed E-state index contributed by atoms with van der Waals surface area (Å²) in [5.74, 6) is 0. The Hall–Kier alpha value is -3.27. The van der Waals surface area contributed by atoms with E-state index < -0.39 is 8.69 Å². The van der Waals surface area contributed by atoms with Gasteiger partial charge in [-0.1, -0.05) is 98.1 Å². The van der Waals surface area contributed by atoms with Crippen molar-refractivity contribution in [1.29, 1.82) is 0 Å². The SMILES string of the molecule is CC(CCCCCC(C)n1c(-c2ccccc2)c(-c2ccccc2)n(-c2ccccc2)c1=O)O[PH+]=O. The second-order valence-electron chi connectivity index (χ2n) is 9.25. The average molecular weight is 502 g/mol. The van der Waals surface area contributed by atoms with Gasteiger partial charge in [0.2, 0.25) is 0 Å². The first-order valence-corrected chi connectivity index (χ1v) is 13.5. The first-order chi connectivity index (χ1) is 17.6. The molecule has 0 aliphatic heterocycles. The van der Waals surface area contributed by atoms with E-state index in [4.69, 9.17) is 4.52 Å². The van der Waals surface area contributed by atoms with E-state index in [0.29, 0.717) is 0 Å². The minimum atomic E-state index is -0.703. The number of benzene rings is 3. The van der Waals surface area contributed by atoms with Gasteiger partial charge in [0.25, 0.3) is 0 Å². The molecule has 0 bridgehead atoms. The van der Waals surface area contributed by atoms with Gasteiger partial charge in [-0.15, -0.1) is 4.52 Å². The smallest absolute Gasteiger partial charge is 0.288 e. The zero-order chi connectivity index (χ0) is 25.3. The van der Waals surface area contributed by atoms with Crippen molar-refractivity contribution >= 4 is 8.69 Å². The zero-order valence-electron chi connectivity index (χ0n) is 21.0. The number of aromatic nitrogens is 2. The first kappa shape index (κ1) is 25.8. The molecule has 1 aromatic heterocycles. The van der Waals surface area contributed by atoms with Gasteiger partial charge in [-0.05, 0) is 43.4 Å². The van der Waals surface area contributed by atoms with Crippen molar-refractivity contribution in [2.45, 2.75) is 58.1 Å². The van der Waals surface area contributed by atoms with E-state index in [1.54, 1.807) is 0 Å². The van der Waals surface area contributed by atoms with E-state index in [9.17, 15) is 9.36 Å². The van der Waals surface area contributed by atoms with Crippen LogP contribution in [-0.4, -0.2) is 15.2 Å². The molecule has 6 heteroatoms. The summed E-state index contributed by atoms with van der Waals surface area (Å²) >= 11 is 0. The summed E-state index contributed by atoms with van der Waals surface area (Å²) in [5, 5.41) is 0. The molecule has 4 aromatic rings. The lowest BCUT2D eigenvalue weighted by molar-refractivity contribution is 0.227. The van der Waals surface area contributed by atoms with Crippen LogP contribution in [0.2, 0.25) is 0 Å². The molecule has 4 rings (SSSR count). The van der Waals surface area contributed by atoms with Crippen LogP contribution < -0.4 is 5.69 Å². The van der Waals surface area contributed by atoms with Crippen LogP contribution in [0.25, 0.3) is 28.2 Å². The molecule has 3 aromatic carbocycles. The van der Waals surface area contributed by atoms with Gasteiger partial charge in [0.1, 0.15) is 6.10 Å². The van der Waals surface area contributed by atoms with Crippen LogP contribution >= 0.6 is 8.69 Å². The molecular formula is C30H34N2O3P+. The Balaban J connectivity index is 1.75. The van der Waals surface area contributed by atoms with Gasteiger partial charge >= 0.3 is 14.4 Å². The summed E-state index contributed by atoms with van der Waals surface area (Å²) in [6.45, 7) is 4.10. The third-order valence-electron chi connectivity index (χ3n) is 6.62. The molecule has 0 aliphatic rings. The normalized spacial score (nSPS) is 13.1. The number of nitrogens with zero attached hydrogens (tertiary/aromatic N) is 2. The molecule has 0 fully saturated rings. The highest BCUT2D eigenvalue weighted by atomic mass is 31.1. The van der Waals surface area contributed by atoms with Crippen molar-refractivity contribution in [3.05, 3.63) is 101 Å². The minimum Gasteiger partial charge on any atom is -0.288 e. The lowest BCUT2D eigenvalue weighted by Gasteiger charge is -2.17. The molecule has 0 spiro atoms. The number of hydrogen-bond acceptors (Lipinski definition) is 3. The Morgan fingerprint density at radius 3 is 1.83 bits per heavy atom. The van der Waals surface area contributed by atoms with E-state index in [1.807, 2.05) is 82.8 Å². The highest BCUT2D eigenvalue weighted by Gasteiger charge is 2.26. The van der Waals surface area contributed by atoms with Gasteiger partial charge in [0.15, 0.2) is 0 Å². The van der Waals surface area contributed by atoms with Crippen molar-refractivity contribution in [1.82, 2.24) is 9.13 Å². The summed E-state index contributed by atoms with van der Waals surface area (Å²) in [7, 11) is -0.703. The van der Waals surface area contributed by atoms with Crippen LogP contribution in [0, 0.1) is 0 Å². The fourth-order valence-corrected chi connectivity index (χ4v) is 5.08. The molecule has 5 nitrogen and oxygen atoms in total. The molecule has 186 valence electrons.